The number of benzene rings is 1. The molecule has 0 unspecified atom stereocenters. The first kappa shape index (κ1) is 16.1. The van der Waals surface area contributed by atoms with Gasteiger partial charge in [0.25, 0.3) is 0 Å². The summed E-state index contributed by atoms with van der Waals surface area (Å²) in [6.45, 7) is 0.574. The molecule has 1 aromatic carbocycles. The predicted molar refractivity (Wildman–Crippen MR) is 86.1 cm³/mol. The van der Waals surface area contributed by atoms with Gasteiger partial charge in [0.1, 0.15) is 5.82 Å². The number of aromatic nitrogens is 1. The van der Waals surface area contributed by atoms with Crippen LogP contribution in [0, 0.1) is 0 Å². The maximum Gasteiger partial charge on any atom is 0.174 e. The monoisotopic (exact) mass is 300 g/mol. The van der Waals surface area contributed by atoms with Crippen molar-refractivity contribution in [2.24, 2.45) is 0 Å². The molecule has 1 heterocycles. The summed E-state index contributed by atoms with van der Waals surface area (Å²) in [6.07, 6.45) is 2.32. The summed E-state index contributed by atoms with van der Waals surface area (Å²) in [5.74, 6) is 0.812. The predicted octanol–water partition coefficient (Wildman–Crippen LogP) is 2.62. The molecule has 5 heteroatoms. The van der Waals surface area contributed by atoms with Gasteiger partial charge in [-0.2, -0.15) is 0 Å². The zero-order chi connectivity index (χ0) is 15.9. The average Bonchev–Trinajstić information content (AvgIpc) is 2.59. The first-order valence-electron chi connectivity index (χ1n) is 6.97. The van der Waals surface area contributed by atoms with Gasteiger partial charge in [-0.3, -0.25) is 4.79 Å². The molecule has 0 aliphatic carbocycles. The van der Waals surface area contributed by atoms with E-state index in [4.69, 9.17) is 9.47 Å². The molecule has 0 bridgehead atoms. The van der Waals surface area contributed by atoms with Gasteiger partial charge in [-0.1, -0.05) is 24.3 Å². The second-order valence-corrected chi connectivity index (χ2v) is 4.89. The summed E-state index contributed by atoms with van der Waals surface area (Å²) in [6, 6.07) is 11.3. The largest absolute Gasteiger partial charge is 0.355 e. The third-order valence-corrected chi connectivity index (χ3v) is 3.49. The number of hydrogen-bond donors (Lipinski definition) is 0. The van der Waals surface area contributed by atoms with Crippen LogP contribution < -0.4 is 4.90 Å². The lowest BCUT2D eigenvalue weighted by molar-refractivity contribution is -0.0944. The maximum absolute atomic E-state index is 11.1. The number of nitrogens with zero attached hydrogens (tertiary/aromatic N) is 2. The minimum absolute atomic E-state index is 0.303. The fourth-order valence-corrected chi connectivity index (χ4v) is 2.20. The molecule has 5 nitrogen and oxygen atoms in total. The topological polar surface area (TPSA) is 51.7 Å². The van der Waals surface area contributed by atoms with Crippen LogP contribution >= 0.6 is 0 Å². The summed E-state index contributed by atoms with van der Waals surface area (Å²) < 4.78 is 10.4. The molecule has 22 heavy (non-hydrogen) atoms. The molecule has 116 valence electrons. The van der Waals surface area contributed by atoms with Crippen molar-refractivity contribution in [2.75, 3.05) is 32.7 Å². The number of carbonyl (C=O) groups excluding carboxylic acids is 1. The molecule has 0 saturated heterocycles. The van der Waals surface area contributed by atoms with E-state index in [9.17, 15) is 4.79 Å². The van der Waals surface area contributed by atoms with Gasteiger partial charge in [0, 0.05) is 38.6 Å². The van der Waals surface area contributed by atoms with Gasteiger partial charge >= 0.3 is 0 Å². The van der Waals surface area contributed by atoms with Crippen LogP contribution in [-0.4, -0.2) is 45.4 Å². The first-order chi connectivity index (χ1) is 10.7. The van der Waals surface area contributed by atoms with Crippen molar-refractivity contribution in [2.45, 2.75) is 6.29 Å². The average molecular weight is 300 g/mol. The molecule has 0 aliphatic rings. The summed E-state index contributed by atoms with van der Waals surface area (Å²) in [5.41, 5.74) is 2.45. The minimum atomic E-state index is -0.303. The van der Waals surface area contributed by atoms with E-state index in [2.05, 4.69) is 4.98 Å². The fraction of sp³-hybridized carbons (Fsp3) is 0.294. The molecule has 2 aromatic rings. The summed E-state index contributed by atoms with van der Waals surface area (Å²) in [5, 5.41) is 0. The Balaban J connectivity index is 2.18. The van der Waals surface area contributed by atoms with E-state index >= 15 is 0 Å². The van der Waals surface area contributed by atoms with E-state index in [1.54, 1.807) is 26.5 Å². The van der Waals surface area contributed by atoms with E-state index in [0.29, 0.717) is 12.1 Å². The summed E-state index contributed by atoms with van der Waals surface area (Å²) >= 11 is 0. The number of anilines is 1. The Hall–Kier alpha value is -2.24. The smallest absolute Gasteiger partial charge is 0.174 e. The second kappa shape index (κ2) is 7.68. The zero-order valence-corrected chi connectivity index (χ0v) is 13.0. The van der Waals surface area contributed by atoms with E-state index < -0.39 is 0 Å². The number of methoxy groups -OCH3 is 2. The molecule has 1 aromatic heterocycles. The molecule has 0 saturated carbocycles. The SMILES string of the molecule is COC(CN(C)c1ccc(-c2ccccc2C=O)cn1)OC. The van der Waals surface area contributed by atoms with Crippen molar-refractivity contribution in [1.82, 2.24) is 4.98 Å². The lowest BCUT2D eigenvalue weighted by atomic mass is 10.0. The molecule has 0 spiro atoms. The van der Waals surface area contributed by atoms with Gasteiger partial charge < -0.3 is 14.4 Å². The Morgan fingerprint density at radius 2 is 1.91 bits per heavy atom. The summed E-state index contributed by atoms with van der Waals surface area (Å²) in [4.78, 5) is 17.5. The molecular formula is C17H20N2O3. The molecule has 0 aliphatic heterocycles. The van der Waals surface area contributed by atoms with Gasteiger partial charge in [-0.15, -0.1) is 0 Å². The van der Waals surface area contributed by atoms with E-state index in [1.165, 1.54) is 0 Å². The van der Waals surface area contributed by atoms with E-state index in [0.717, 1.165) is 23.2 Å². The molecule has 0 amide bonds. The Labute approximate surface area is 130 Å². The number of likely N-dealkylation sites (N-methyl/N-ethyl adjacent to an activating group) is 1. The summed E-state index contributed by atoms with van der Waals surface area (Å²) in [7, 11) is 5.14. The van der Waals surface area contributed by atoms with Crippen molar-refractivity contribution in [3.8, 4) is 11.1 Å². The highest BCUT2D eigenvalue weighted by molar-refractivity contribution is 5.87. The van der Waals surface area contributed by atoms with Gasteiger partial charge in [-0.05, 0) is 17.7 Å². The van der Waals surface area contributed by atoms with Crippen molar-refractivity contribution in [3.05, 3.63) is 48.2 Å². The van der Waals surface area contributed by atoms with Crippen LogP contribution in [0.4, 0.5) is 5.82 Å². The van der Waals surface area contributed by atoms with Gasteiger partial charge in [-0.25, -0.2) is 4.98 Å². The quantitative estimate of drug-likeness (QED) is 0.581. The number of hydrogen-bond acceptors (Lipinski definition) is 5. The van der Waals surface area contributed by atoms with Crippen molar-refractivity contribution >= 4 is 12.1 Å². The number of ether oxygens (including phenoxy) is 2. The van der Waals surface area contributed by atoms with Crippen molar-refractivity contribution in [3.63, 3.8) is 0 Å². The highest BCUT2D eigenvalue weighted by atomic mass is 16.7. The number of rotatable bonds is 7. The van der Waals surface area contributed by atoms with Gasteiger partial charge in [0.15, 0.2) is 12.6 Å². The van der Waals surface area contributed by atoms with Gasteiger partial charge in [0.05, 0.1) is 6.54 Å². The lowest BCUT2D eigenvalue weighted by Crippen LogP contribution is -2.32. The normalized spacial score (nSPS) is 10.7. The zero-order valence-electron chi connectivity index (χ0n) is 13.0. The number of aldehydes is 1. The van der Waals surface area contributed by atoms with Crippen LogP contribution in [0.2, 0.25) is 0 Å². The van der Waals surface area contributed by atoms with Crippen LogP contribution in [0.5, 0.6) is 0 Å². The van der Waals surface area contributed by atoms with Crippen LogP contribution in [0.1, 0.15) is 10.4 Å². The fourth-order valence-electron chi connectivity index (χ4n) is 2.20. The van der Waals surface area contributed by atoms with Crippen LogP contribution in [0.25, 0.3) is 11.1 Å². The molecule has 2 rings (SSSR count). The number of pyridine rings is 1. The lowest BCUT2D eigenvalue weighted by Gasteiger charge is -2.23. The van der Waals surface area contributed by atoms with Crippen LogP contribution in [0.3, 0.4) is 0 Å². The third-order valence-electron chi connectivity index (χ3n) is 3.49. The van der Waals surface area contributed by atoms with E-state index in [1.807, 2.05) is 42.3 Å². The molecule has 0 fully saturated rings. The van der Waals surface area contributed by atoms with Gasteiger partial charge in [0.2, 0.25) is 0 Å². The van der Waals surface area contributed by atoms with E-state index in [-0.39, 0.29) is 6.29 Å². The molecule has 0 radical (unpaired) electrons. The first-order valence-corrected chi connectivity index (χ1v) is 6.97. The Bertz CT molecular complexity index is 610. The molecular weight excluding hydrogens is 280 g/mol. The van der Waals surface area contributed by atoms with Crippen molar-refractivity contribution < 1.29 is 14.3 Å². The van der Waals surface area contributed by atoms with Crippen LogP contribution in [-0.2, 0) is 9.47 Å². The van der Waals surface area contributed by atoms with Crippen molar-refractivity contribution in [1.29, 1.82) is 0 Å². The second-order valence-electron chi connectivity index (χ2n) is 4.89. The highest BCUT2D eigenvalue weighted by Crippen LogP contribution is 2.23. The number of carbonyl (C=O) groups is 1. The maximum atomic E-state index is 11.1. The molecule has 0 atom stereocenters. The molecule has 0 N–H and O–H groups in total. The Morgan fingerprint density at radius 1 is 1.18 bits per heavy atom. The third kappa shape index (κ3) is 3.69. The standard InChI is InChI=1S/C17H20N2O3/c1-19(11-17(21-2)22-3)16-9-8-13(10-18-16)15-7-5-4-6-14(15)12-20/h4-10,12,17H,11H2,1-3H3. The van der Waals surface area contributed by atoms with Crippen LogP contribution in [0.15, 0.2) is 42.6 Å². The highest BCUT2D eigenvalue weighted by Gasteiger charge is 2.11. The Kier molecular flexibility index (Phi) is 5.63. The Morgan fingerprint density at radius 3 is 2.50 bits per heavy atom. The minimum Gasteiger partial charge on any atom is -0.355 e.